The molecular weight excluding hydrogens is 385 g/mol. The van der Waals surface area contributed by atoms with Gasteiger partial charge in [0.25, 0.3) is 0 Å². The average Bonchev–Trinajstić information content (AvgIpc) is 3.08. The van der Waals surface area contributed by atoms with Gasteiger partial charge in [0.05, 0.1) is 29.7 Å². The lowest BCUT2D eigenvalue weighted by molar-refractivity contribution is -0.0886. The van der Waals surface area contributed by atoms with E-state index in [4.69, 9.17) is 9.47 Å². The SMILES string of the molecule is Cc1cc2c(NC3c4ccc(F)cc4OCC3N3CC(C)OC(C)C3)ncnc2[nH]1. The number of H-pyrrole nitrogens is 1. The van der Waals surface area contributed by atoms with Gasteiger partial charge in [0, 0.05) is 30.4 Å². The summed E-state index contributed by atoms with van der Waals surface area (Å²) in [5.41, 5.74) is 2.75. The number of halogens is 1. The second-order valence-corrected chi connectivity index (χ2v) is 8.33. The number of morpholine rings is 1. The van der Waals surface area contributed by atoms with Crippen molar-refractivity contribution in [1.29, 1.82) is 0 Å². The van der Waals surface area contributed by atoms with Crippen molar-refractivity contribution in [2.24, 2.45) is 0 Å². The topological polar surface area (TPSA) is 75.3 Å². The number of anilines is 1. The van der Waals surface area contributed by atoms with Crippen LogP contribution >= 0.6 is 0 Å². The lowest BCUT2D eigenvalue weighted by Crippen LogP contribution is -2.56. The summed E-state index contributed by atoms with van der Waals surface area (Å²) in [6.45, 7) is 8.28. The summed E-state index contributed by atoms with van der Waals surface area (Å²) in [6, 6.07) is 6.74. The number of hydrogen-bond donors (Lipinski definition) is 2. The molecule has 5 rings (SSSR count). The minimum absolute atomic E-state index is 0.0572. The maximum absolute atomic E-state index is 13.9. The Labute approximate surface area is 174 Å². The zero-order chi connectivity index (χ0) is 20.8. The summed E-state index contributed by atoms with van der Waals surface area (Å²) in [5, 5.41) is 4.57. The molecular formula is C22H26FN5O2. The Morgan fingerprint density at radius 2 is 1.97 bits per heavy atom. The van der Waals surface area contributed by atoms with Gasteiger partial charge in [-0.2, -0.15) is 0 Å². The highest BCUT2D eigenvalue weighted by Gasteiger charge is 2.38. The number of nitrogens with one attached hydrogen (secondary N) is 2. The third-order valence-electron chi connectivity index (χ3n) is 5.87. The molecule has 0 radical (unpaired) electrons. The van der Waals surface area contributed by atoms with E-state index in [1.54, 1.807) is 6.33 Å². The second kappa shape index (κ2) is 7.52. The quantitative estimate of drug-likeness (QED) is 0.688. The average molecular weight is 411 g/mol. The van der Waals surface area contributed by atoms with E-state index in [2.05, 4.69) is 39.0 Å². The number of benzene rings is 1. The summed E-state index contributed by atoms with van der Waals surface area (Å²) in [4.78, 5) is 14.5. The van der Waals surface area contributed by atoms with Crippen molar-refractivity contribution in [3.8, 4) is 5.75 Å². The first-order chi connectivity index (χ1) is 14.5. The highest BCUT2D eigenvalue weighted by atomic mass is 19.1. The Kier molecular flexibility index (Phi) is 4.83. The van der Waals surface area contributed by atoms with Crippen molar-refractivity contribution >= 4 is 16.9 Å². The minimum Gasteiger partial charge on any atom is -0.491 e. The third kappa shape index (κ3) is 3.50. The third-order valence-corrected chi connectivity index (χ3v) is 5.87. The fourth-order valence-electron chi connectivity index (χ4n) is 4.68. The van der Waals surface area contributed by atoms with E-state index in [1.807, 2.05) is 19.1 Å². The van der Waals surface area contributed by atoms with E-state index in [0.29, 0.717) is 12.4 Å². The Bertz CT molecular complexity index is 1060. The van der Waals surface area contributed by atoms with Crippen LogP contribution in [0.5, 0.6) is 5.75 Å². The Hall–Kier alpha value is -2.71. The first kappa shape index (κ1) is 19.3. The maximum Gasteiger partial charge on any atom is 0.143 e. The molecule has 4 heterocycles. The molecule has 3 aromatic rings. The molecule has 2 aromatic heterocycles. The molecule has 2 N–H and O–H groups in total. The van der Waals surface area contributed by atoms with Gasteiger partial charge in [-0.1, -0.05) is 6.07 Å². The van der Waals surface area contributed by atoms with Crippen LogP contribution in [-0.2, 0) is 4.74 Å². The van der Waals surface area contributed by atoms with Crippen LogP contribution in [0.15, 0.2) is 30.6 Å². The molecule has 0 spiro atoms. The molecule has 1 fully saturated rings. The molecule has 0 bridgehead atoms. The summed E-state index contributed by atoms with van der Waals surface area (Å²) < 4.78 is 25.8. The van der Waals surface area contributed by atoms with E-state index < -0.39 is 0 Å². The molecule has 0 amide bonds. The summed E-state index contributed by atoms with van der Waals surface area (Å²) in [7, 11) is 0. The van der Waals surface area contributed by atoms with Crippen molar-refractivity contribution in [1.82, 2.24) is 19.9 Å². The predicted octanol–water partition coefficient (Wildman–Crippen LogP) is 3.43. The Morgan fingerprint density at radius 1 is 1.17 bits per heavy atom. The van der Waals surface area contributed by atoms with E-state index in [-0.39, 0.29) is 30.1 Å². The number of rotatable bonds is 3. The fraction of sp³-hybridized carbons (Fsp3) is 0.455. The van der Waals surface area contributed by atoms with Crippen LogP contribution in [-0.4, -0.2) is 57.8 Å². The van der Waals surface area contributed by atoms with E-state index in [1.165, 1.54) is 12.1 Å². The molecule has 7 nitrogen and oxygen atoms in total. The van der Waals surface area contributed by atoms with Crippen LogP contribution in [0, 0.1) is 12.7 Å². The smallest absolute Gasteiger partial charge is 0.143 e. The fourth-order valence-corrected chi connectivity index (χ4v) is 4.68. The molecule has 158 valence electrons. The zero-order valence-electron chi connectivity index (χ0n) is 17.4. The van der Waals surface area contributed by atoms with Gasteiger partial charge in [-0.25, -0.2) is 14.4 Å². The van der Waals surface area contributed by atoms with Gasteiger partial charge in [0.2, 0.25) is 0 Å². The lowest BCUT2D eigenvalue weighted by Gasteiger charge is -2.45. The van der Waals surface area contributed by atoms with Gasteiger partial charge >= 0.3 is 0 Å². The number of fused-ring (bicyclic) bond motifs is 2. The van der Waals surface area contributed by atoms with Crippen molar-refractivity contribution < 1.29 is 13.9 Å². The Morgan fingerprint density at radius 3 is 2.77 bits per heavy atom. The van der Waals surface area contributed by atoms with E-state index in [0.717, 1.165) is 41.2 Å². The van der Waals surface area contributed by atoms with Gasteiger partial charge in [0.15, 0.2) is 0 Å². The highest BCUT2D eigenvalue weighted by Crippen LogP contribution is 2.38. The largest absolute Gasteiger partial charge is 0.491 e. The van der Waals surface area contributed by atoms with E-state index in [9.17, 15) is 4.39 Å². The van der Waals surface area contributed by atoms with Crippen LogP contribution in [0.25, 0.3) is 11.0 Å². The summed E-state index contributed by atoms with van der Waals surface area (Å²) in [5.74, 6) is 1.03. The van der Waals surface area contributed by atoms with Crippen molar-refractivity contribution in [2.45, 2.75) is 45.1 Å². The highest BCUT2D eigenvalue weighted by molar-refractivity contribution is 5.87. The minimum atomic E-state index is -0.301. The Balaban J connectivity index is 1.55. The van der Waals surface area contributed by atoms with Crippen molar-refractivity contribution in [3.63, 3.8) is 0 Å². The molecule has 0 aliphatic carbocycles. The van der Waals surface area contributed by atoms with Gasteiger partial charge in [-0.15, -0.1) is 0 Å². The van der Waals surface area contributed by atoms with Gasteiger partial charge in [-0.05, 0) is 32.9 Å². The standard InChI is InChI=1S/C22H26FN5O2/c1-12-6-17-21(26-12)24-11-25-22(17)27-20-16-5-4-15(23)7-19(16)29-10-18(20)28-8-13(2)30-14(3)9-28/h4-7,11,13-14,18,20H,8-10H2,1-3H3,(H2,24,25,26,27). The number of aromatic amines is 1. The van der Waals surface area contributed by atoms with Gasteiger partial charge < -0.3 is 19.8 Å². The number of ether oxygens (including phenoxy) is 2. The van der Waals surface area contributed by atoms with Crippen LogP contribution in [0.3, 0.4) is 0 Å². The number of hydrogen-bond acceptors (Lipinski definition) is 6. The van der Waals surface area contributed by atoms with Crippen LogP contribution < -0.4 is 10.1 Å². The van der Waals surface area contributed by atoms with Gasteiger partial charge in [0.1, 0.15) is 36.0 Å². The lowest BCUT2D eigenvalue weighted by atomic mass is 9.93. The molecule has 1 saturated heterocycles. The first-order valence-electron chi connectivity index (χ1n) is 10.4. The predicted molar refractivity (Wildman–Crippen MR) is 112 cm³/mol. The molecule has 4 atom stereocenters. The molecule has 8 heteroatoms. The van der Waals surface area contributed by atoms with Crippen LogP contribution in [0.4, 0.5) is 10.2 Å². The molecule has 30 heavy (non-hydrogen) atoms. The van der Waals surface area contributed by atoms with E-state index >= 15 is 0 Å². The van der Waals surface area contributed by atoms with Crippen molar-refractivity contribution in [3.05, 3.63) is 47.7 Å². The summed E-state index contributed by atoms with van der Waals surface area (Å²) in [6.07, 6.45) is 1.84. The monoisotopic (exact) mass is 411 g/mol. The number of nitrogens with zero attached hydrogens (tertiary/aromatic N) is 3. The van der Waals surface area contributed by atoms with Crippen LogP contribution in [0.1, 0.15) is 31.1 Å². The molecule has 2 aliphatic rings. The summed E-state index contributed by atoms with van der Waals surface area (Å²) >= 11 is 0. The number of aryl methyl sites for hydroxylation is 1. The molecule has 0 saturated carbocycles. The second-order valence-electron chi connectivity index (χ2n) is 8.33. The van der Waals surface area contributed by atoms with Crippen LogP contribution in [0.2, 0.25) is 0 Å². The molecule has 2 aliphatic heterocycles. The van der Waals surface area contributed by atoms with Gasteiger partial charge in [-0.3, -0.25) is 4.90 Å². The maximum atomic E-state index is 13.9. The normalized spacial score (nSPS) is 26.9. The number of aromatic nitrogens is 3. The zero-order valence-corrected chi connectivity index (χ0v) is 17.4. The molecule has 1 aromatic carbocycles. The first-order valence-corrected chi connectivity index (χ1v) is 10.4. The van der Waals surface area contributed by atoms with Crippen molar-refractivity contribution in [2.75, 3.05) is 25.0 Å². The molecule has 4 unspecified atom stereocenters.